The summed E-state index contributed by atoms with van der Waals surface area (Å²) in [6.45, 7) is 4.90. The highest BCUT2D eigenvalue weighted by Gasteiger charge is 2.21. The van der Waals surface area contributed by atoms with Crippen LogP contribution in [-0.2, 0) is 6.54 Å². The third kappa shape index (κ3) is 3.88. The zero-order valence-electron chi connectivity index (χ0n) is 12.0. The number of hydrogen-bond acceptors (Lipinski definition) is 4. The van der Waals surface area contributed by atoms with Gasteiger partial charge in [-0.05, 0) is 38.6 Å². The first-order valence-corrected chi connectivity index (χ1v) is 8.27. The normalized spacial score (nSPS) is 14.5. The summed E-state index contributed by atoms with van der Waals surface area (Å²) in [6, 6.07) is 8.62. The van der Waals surface area contributed by atoms with Crippen molar-refractivity contribution >= 4 is 27.3 Å². The molecule has 0 saturated heterocycles. The van der Waals surface area contributed by atoms with Crippen molar-refractivity contribution in [2.45, 2.75) is 32.5 Å². The molecule has 3 nitrogen and oxygen atoms in total. The first kappa shape index (κ1) is 15.6. The number of aromatic nitrogens is 1. The average molecular weight is 354 g/mol. The van der Waals surface area contributed by atoms with Crippen molar-refractivity contribution in [3.63, 3.8) is 0 Å². The van der Waals surface area contributed by atoms with Gasteiger partial charge in [-0.3, -0.25) is 4.90 Å². The van der Waals surface area contributed by atoms with Gasteiger partial charge in [0, 0.05) is 28.5 Å². The Morgan fingerprint density at radius 2 is 2.00 bits per heavy atom. The van der Waals surface area contributed by atoms with E-state index in [4.69, 9.17) is 5.73 Å². The lowest BCUT2D eigenvalue weighted by molar-refractivity contribution is 0.209. The first-order valence-electron chi connectivity index (χ1n) is 6.59. The highest BCUT2D eigenvalue weighted by molar-refractivity contribution is 9.10. The van der Waals surface area contributed by atoms with Crippen molar-refractivity contribution in [3.8, 4) is 0 Å². The van der Waals surface area contributed by atoms with Gasteiger partial charge in [0.2, 0.25) is 0 Å². The molecule has 0 spiro atoms. The molecule has 20 heavy (non-hydrogen) atoms. The van der Waals surface area contributed by atoms with Crippen LogP contribution in [0.3, 0.4) is 0 Å². The highest BCUT2D eigenvalue weighted by Crippen LogP contribution is 2.25. The number of halogens is 1. The third-order valence-electron chi connectivity index (χ3n) is 3.26. The van der Waals surface area contributed by atoms with E-state index in [9.17, 15) is 0 Å². The summed E-state index contributed by atoms with van der Waals surface area (Å²) in [5.74, 6) is 0. The zero-order chi connectivity index (χ0) is 14.7. The molecule has 0 saturated carbocycles. The van der Waals surface area contributed by atoms with Crippen molar-refractivity contribution < 1.29 is 0 Å². The summed E-state index contributed by atoms with van der Waals surface area (Å²) in [7, 11) is 2.10. The topological polar surface area (TPSA) is 42.2 Å². The molecule has 0 amide bonds. The van der Waals surface area contributed by atoms with Crippen molar-refractivity contribution in [3.05, 3.63) is 50.4 Å². The fourth-order valence-electron chi connectivity index (χ4n) is 2.45. The number of benzene rings is 1. The van der Waals surface area contributed by atoms with Gasteiger partial charge in [0.15, 0.2) is 0 Å². The van der Waals surface area contributed by atoms with Gasteiger partial charge in [-0.25, -0.2) is 4.98 Å². The Labute approximate surface area is 133 Å². The lowest BCUT2D eigenvalue weighted by atomic mass is 9.99. The average Bonchev–Trinajstić information content (AvgIpc) is 2.77. The van der Waals surface area contributed by atoms with Gasteiger partial charge in [0.05, 0.1) is 10.7 Å². The van der Waals surface area contributed by atoms with Crippen LogP contribution >= 0.6 is 27.3 Å². The van der Waals surface area contributed by atoms with Crippen molar-refractivity contribution in [2.24, 2.45) is 5.73 Å². The molecule has 0 fully saturated rings. The van der Waals surface area contributed by atoms with Crippen LogP contribution in [0.1, 0.15) is 29.2 Å². The van der Waals surface area contributed by atoms with E-state index < -0.39 is 0 Å². The monoisotopic (exact) mass is 353 g/mol. The van der Waals surface area contributed by atoms with Crippen LogP contribution in [0.15, 0.2) is 34.1 Å². The quantitative estimate of drug-likeness (QED) is 0.890. The summed E-state index contributed by atoms with van der Waals surface area (Å²) < 4.78 is 1.09. The molecule has 2 aromatic rings. The lowest BCUT2D eigenvalue weighted by Crippen LogP contribution is -2.37. The summed E-state index contributed by atoms with van der Waals surface area (Å²) in [6.07, 6.45) is 0. The van der Waals surface area contributed by atoms with Crippen LogP contribution in [0.25, 0.3) is 0 Å². The predicted molar refractivity (Wildman–Crippen MR) is 88.9 cm³/mol. The van der Waals surface area contributed by atoms with Gasteiger partial charge in [-0.2, -0.15) is 0 Å². The number of rotatable bonds is 5. The Kier molecular flexibility index (Phi) is 5.32. The minimum Gasteiger partial charge on any atom is -0.326 e. The predicted octanol–water partition coefficient (Wildman–Crippen LogP) is 3.73. The van der Waals surface area contributed by atoms with E-state index in [0.717, 1.165) is 21.7 Å². The Bertz CT molecular complexity index is 551. The second-order valence-electron chi connectivity index (χ2n) is 5.13. The maximum atomic E-state index is 6.20. The van der Waals surface area contributed by atoms with Crippen molar-refractivity contribution in [1.82, 2.24) is 9.88 Å². The third-order valence-corrected chi connectivity index (χ3v) is 4.61. The van der Waals surface area contributed by atoms with Gasteiger partial charge in [-0.15, -0.1) is 11.3 Å². The number of hydrogen-bond donors (Lipinski definition) is 1. The molecule has 0 aliphatic heterocycles. The molecule has 2 rings (SSSR count). The van der Waals surface area contributed by atoms with E-state index in [1.54, 1.807) is 11.3 Å². The molecule has 1 aromatic heterocycles. The molecule has 5 heteroatoms. The summed E-state index contributed by atoms with van der Waals surface area (Å²) in [5.41, 5.74) is 8.54. The van der Waals surface area contributed by atoms with Gasteiger partial charge < -0.3 is 5.73 Å². The molecular formula is C15H20BrN3S. The van der Waals surface area contributed by atoms with Crippen molar-refractivity contribution in [2.75, 3.05) is 7.05 Å². The van der Waals surface area contributed by atoms with Crippen LogP contribution in [-0.4, -0.2) is 23.0 Å². The van der Waals surface area contributed by atoms with E-state index in [1.165, 1.54) is 5.56 Å². The molecule has 2 N–H and O–H groups in total. The molecule has 1 aromatic carbocycles. The SMILES string of the molecule is Cc1nc(CN(C)C(c2ccc(Br)cc2)C(C)N)cs1. The number of likely N-dealkylation sites (N-methyl/N-ethyl adjacent to an activating group) is 1. The van der Waals surface area contributed by atoms with Crippen LogP contribution in [0.5, 0.6) is 0 Å². The molecule has 0 aliphatic carbocycles. The van der Waals surface area contributed by atoms with E-state index in [-0.39, 0.29) is 12.1 Å². The molecule has 2 unspecified atom stereocenters. The van der Waals surface area contributed by atoms with E-state index in [0.29, 0.717) is 0 Å². The highest BCUT2D eigenvalue weighted by atomic mass is 79.9. The zero-order valence-corrected chi connectivity index (χ0v) is 14.4. The maximum absolute atomic E-state index is 6.20. The maximum Gasteiger partial charge on any atom is 0.0897 e. The lowest BCUT2D eigenvalue weighted by Gasteiger charge is -2.31. The van der Waals surface area contributed by atoms with Gasteiger partial charge >= 0.3 is 0 Å². The van der Waals surface area contributed by atoms with Crippen molar-refractivity contribution in [1.29, 1.82) is 0 Å². The number of aryl methyl sites for hydroxylation is 1. The van der Waals surface area contributed by atoms with Crippen LogP contribution in [0.4, 0.5) is 0 Å². The van der Waals surface area contributed by atoms with E-state index in [1.807, 2.05) is 6.92 Å². The Hall–Kier alpha value is -0.750. The molecule has 0 bridgehead atoms. The minimum atomic E-state index is 0.0564. The van der Waals surface area contributed by atoms with E-state index in [2.05, 4.69) is 69.4 Å². The molecule has 108 valence electrons. The largest absolute Gasteiger partial charge is 0.326 e. The first-order chi connectivity index (χ1) is 9.47. The summed E-state index contributed by atoms with van der Waals surface area (Å²) in [5, 5.41) is 3.22. The molecule has 0 aliphatic rings. The van der Waals surface area contributed by atoms with Gasteiger partial charge in [0.1, 0.15) is 0 Å². The van der Waals surface area contributed by atoms with Crippen LogP contribution in [0.2, 0.25) is 0 Å². The number of nitrogens with two attached hydrogens (primary N) is 1. The fraction of sp³-hybridized carbons (Fsp3) is 0.400. The molecule has 2 atom stereocenters. The second kappa shape index (κ2) is 6.80. The number of nitrogens with zero attached hydrogens (tertiary/aromatic N) is 2. The minimum absolute atomic E-state index is 0.0564. The van der Waals surface area contributed by atoms with Crippen LogP contribution < -0.4 is 5.73 Å². The molecular weight excluding hydrogens is 334 g/mol. The molecule has 1 heterocycles. The Morgan fingerprint density at radius 1 is 1.35 bits per heavy atom. The van der Waals surface area contributed by atoms with Gasteiger partial charge in [0.25, 0.3) is 0 Å². The summed E-state index contributed by atoms with van der Waals surface area (Å²) >= 11 is 5.16. The Balaban J connectivity index is 2.17. The Morgan fingerprint density at radius 3 is 2.50 bits per heavy atom. The second-order valence-corrected chi connectivity index (χ2v) is 7.11. The van der Waals surface area contributed by atoms with E-state index >= 15 is 0 Å². The van der Waals surface area contributed by atoms with Crippen LogP contribution in [0, 0.1) is 6.92 Å². The summed E-state index contributed by atoms with van der Waals surface area (Å²) in [4.78, 5) is 6.79. The standard InChI is InChI=1S/C15H20BrN3S/c1-10(17)15(12-4-6-13(16)7-5-12)19(3)8-14-9-20-11(2)18-14/h4-7,9-10,15H,8,17H2,1-3H3. The number of thiazole rings is 1. The smallest absolute Gasteiger partial charge is 0.0897 e. The molecule has 0 radical (unpaired) electrons. The van der Waals surface area contributed by atoms with Gasteiger partial charge in [-0.1, -0.05) is 28.1 Å². The fourth-order valence-corrected chi connectivity index (χ4v) is 3.32.